The number of aryl methyl sites for hydroxylation is 1. The lowest BCUT2D eigenvalue weighted by Gasteiger charge is -2.08. The number of aromatic hydroxyl groups is 2. The van der Waals surface area contributed by atoms with Gasteiger partial charge in [-0.1, -0.05) is 38.7 Å². The first-order valence-corrected chi connectivity index (χ1v) is 5.96. The number of nitrogen functional groups attached to an aromatic ring is 1. The fraction of sp³-hybridized carbons (Fsp3) is 0.538. The second kappa shape index (κ2) is 6.26. The quantitative estimate of drug-likeness (QED) is 0.394. The van der Waals surface area contributed by atoms with Crippen molar-refractivity contribution >= 4 is 5.69 Å². The summed E-state index contributed by atoms with van der Waals surface area (Å²) < 4.78 is 0. The molecular weight excluding hydrogens is 202 g/mol. The highest BCUT2D eigenvalue weighted by atomic mass is 16.3. The van der Waals surface area contributed by atoms with Crippen LogP contribution < -0.4 is 5.73 Å². The number of unbranched alkanes of at least 4 members (excludes halogenated alkanes) is 4. The standard InChI is InChI=1S/C13H21NO2/c1-2-3-4-5-6-7-10-8-9-11(15)12(14)13(10)16/h8-9,15-16H,2-7,14H2,1H3. The van der Waals surface area contributed by atoms with Gasteiger partial charge in [-0.25, -0.2) is 0 Å². The minimum Gasteiger partial charge on any atom is -0.506 e. The van der Waals surface area contributed by atoms with Crippen LogP contribution in [0.2, 0.25) is 0 Å². The fourth-order valence-electron chi connectivity index (χ4n) is 1.76. The number of rotatable bonds is 6. The lowest BCUT2D eigenvalue weighted by atomic mass is 10.0. The Kier molecular flexibility index (Phi) is 4.96. The predicted octanol–water partition coefficient (Wildman–Crippen LogP) is 3.19. The molecule has 0 amide bonds. The zero-order valence-corrected chi connectivity index (χ0v) is 9.87. The van der Waals surface area contributed by atoms with E-state index in [9.17, 15) is 10.2 Å². The average Bonchev–Trinajstić information content (AvgIpc) is 2.28. The van der Waals surface area contributed by atoms with Gasteiger partial charge in [0.25, 0.3) is 0 Å². The van der Waals surface area contributed by atoms with Gasteiger partial charge in [0.15, 0.2) is 0 Å². The Morgan fingerprint density at radius 1 is 1.06 bits per heavy atom. The van der Waals surface area contributed by atoms with Crippen molar-refractivity contribution in [3.05, 3.63) is 17.7 Å². The zero-order chi connectivity index (χ0) is 12.0. The summed E-state index contributed by atoms with van der Waals surface area (Å²) in [5, 5.41) is 19.0. The van der Waals surface area contributed by atoms with E-state index < -0.39 is 0 Å². The van der Waals surface area contributed by atoms with Gasteiger partial charge >= 0.3 is 0 Å². The van der Waals surface area contributed by atoms with E-state index in [4.69, 9.17) is 5.73 Å². The number of phenols is 2. The van der Waals surface area contributed by atoms with E-state index in [0.29, 0.717) is 0 Å². The molecule has 0 unspecified atom stereocenters. The van der Waals surface area contributed by atoms with E-state index in [1.807, 2.05) is 0 Å². The van der Waals surface area contributed by atoms with Crippen molar-refractivity contribution in [3.8, 4) is 11.5 Å². The lowest BCUT2D eigenvalue weighted by Crippen LogP contribution is -1.92. The van der Waals surface area contributed by atoms with Crippen molar-refractivity contribution in [2.75, 3.05) is 5.73 Å². The normalized spacial score (nSPS) is 10.6. The van der Waals surface area contributed by atoms with Crippen LogP contribution in [0.4, 0.5) is 5.69 Å². The number of nitrogens with two attached hydrogens (primary N) is 1. The van der Waals surface area contributed by atoms with Crippen molar-refractivity contribution in [2.24, 2.45) is 0 Å². The van der Waals surface area contributed by atoms with Gasteiger partial charge in [-0.2, -0.15) is 0 Å². The molecule has 0 heterocycles. The third-order valence-electron chi connectivity index (χ3n) is 2.83. The Hall–Kier alpha value is -1.38. The molecule has 0 spiro atoms. The third-order valence-corrected chi connectivity index (χ3v) is 2.83. The second-order valence-electron chi connectivity index (χ2n) is 4.17. The molecule has 0 aliphatic rings. The molecule has 0 aromatic heterocycles. The van der Waals surface area contributed by atoms with E-state index in [1.165, 1.54) is 31.7 Å². The highest BCUT2D eigenvalue weighted by Gasteiger charge is 2.08. The topological polar surface area (TPSA) is 66.5 Å². The van der Waals surface area contributed by atoms with Crippen LogP contribution >= 0.6 is 0 Å². The fourth-order valence-corrected chi connectivity index (χ4v) is 1.76. The van der Waals surface area contributed by atoms with E-state index >= 15 is 0 Å². The Morgan fingerprint density at radius 2 is 1.75 bits per heavy atom. The zero-order valence-electron chi connectivity index (χ0n) is 9.87. The van der Waals surface area contributed by atoms with E-state index in [2.05, 4.69) is 6.92 Å². The molecule has 1 aromatic rings. The van der Waals surface area contributed by atoms with Crippen LogP contribution in [0, 0.1) is 0 Å². The van der Waals surface area contributed by atoms with Gasteiger partial charge in [0, 0.05) is 0 Å². The van der Waals surface area contributed by atoms with Gasteiger partial charge in [0.05, 0.1) is 0 Å². The first-order chi connectivity index (χ1) is 7.66. The summed E-state index contributed by atoms with van der Waals surface area (Å²) >= 11 is 0. The number of hydrogen-bond donors (Lipinski definition) is 3. The first-order valence-electron chi connectivity index (χ1n) is 5.96. The molecule has 0 saturated carbocycles. The predicted molar refractivity (Wildman–Crippen MR) is 66.6 cm³/mol. The van der Waals surface area contributed by atoms with Gasteiger partial charge in [-0.15, -0.1) is 0 Å². The summed E-state index contributed by atoms with van der Waals surface area (Å²) in [6.07, 6.45) is 6.79. The first kappa shape index (κ1) is 12.7. The monoisotopic (exact) mass is 223 g/mol. The number of benzene rings is 1. The molecule has 90 valence electrons. The van der Waals surface area contributed by atoms with Gasteiger partial charge in [-0.05, 0) is 24.5 Å². The van der Waals surface area contributed by atoms with Crippen LogP contribution in [0.1, 0.15) is 44.6 Å². The molecule has 3 heteroatoms. The molecule has 0 aliphatic carbocycles. The third kappa shape index (κ3) is 3.33. The molecule has 1 rings (SSSR count). The Bertz CT molecular complexity index is 337. The highest BCUT2D eigenvalue weighted by molar-refractivity contribution is 5.64. The van der Waals surface area contributed by atoms with Crippen LogP contribution in [0.25, 0.3) is 0 Å². The van der Waals surface area contributed by atoms with E-state index in [-0.39, 0.29) is 17.2 Å². The summed E-state index contributed by atoms with van der Waals surface area (Å²) in [5.74, 6) is -0.0114. The maximum Gasteiger partial charge on any atom is 0.145 e. The van der Waals surface area contributed by atoms with Crippen LogP contribution in [0.5, 0.6) is 11.5 Å². The minimum atomic E-state index is -0.0489. The Labute approximate surface area is 96.9 Å². The Morgan fingerprint density at radius 3 is 2.44 bits per heavy atom. The SMILES string of the molecule is CCCCCCCc1ccc(O)c(N)c1O. The van der Waals surface area contributed by atoms with Crippen molar-refractivity contribution in [2.45, 2.75) is 45.4 Å². The molecule has 0 bridgehead atoms. The number of hydrogen-bond acceptors (Lipinski definition) is 3. The number of anilines is 1. The maximum atomic E-state index is 9.70. The summed E-state index contributed by atoms with van der Waals surface area (Å²) in [5.41, 5.74) is 6.45. The molecule has 0 atom stereocenters. The molecule has 1 aromatic carbocycles. The molecule has 0 saturated heterocycles. The Balaban J connectivity index is 2.45. The average molecular weight is 223 g/mol. The number of phenolic OH excluding ortho intramolecular Hbond substituents is 2. The van der Waals surface area contributed by atoms with E-state index in [0.717, 1.165) is 18.4 Å². The molecule has 3 nitrogen and oxygen atoms in total. The molecule has 4 N–H and O–H groups in total. The summed E-state index contributed by atoms with van der Waals surface area (Å²) in [6, 6.07) is 3.28. The summed E-state index contributed by atoms with van der Waals surface area (Å²) in [7, 11) is 0. The molecule has 0 radical (unpaired) electrons. The van der Waals surface area contributed by atoms with Gasteiger partial charge < -0.3 is 15.9 Å². The molecule has 16 heavy (non-hydrogen) atoms. The van der Waals surface area contributed by atoms with Crippen molar-refractivity contribution in [1.82, 2.24) is 0 Å². The van der Waals surface area contributed by atoms with Crippen molar-refractivity contribution in [3.63, 3.8) is 0 Å². The molecule has 0 aliphatic heterocycles. The van der Waals surface area contributed by atoms with E-state index in [1.54, 1.807) is 6.07 Å². The van der Waals surface area contributed by atoms with Crippen molar-refractivity contribution < 1.29 is 10.2 Å². The highest BCUT2D eigenvalue weighted by Crippen LogP contribution is 2.33. The van der Waals surface area contributed by atoms with Crippen LogP contribution in [0.3, 0.4) is 0 Å². The maximum absolute atomic E-state index is 9.70. The van der Waals surface area contributed by atoms with Gasteiger partial charge in [0.1, 0.15) is 17.2 Å². The molecule has 0 fully saturated rings. The minimum absolute atomic E-state index is 0.0375. The van der Waals surface area contributed by atoms with Crippen LogP contribution in [-0.4, -0.2) is 10.2 Å². The van der Waals surface area contributed by atoms with Crippen molar-refractivity contribution in [1.29, 1.82) is 0 Å². The summed E-state index contributed by atoms with van der Waals surface area (Å²) in [4.78, 5) is 0. The van der Waals surface area contributed by atoms with Gasteiger partial charge in [-0.3, -0.25) is 0 Å². The molecular formula is C13H21NO2. The smallest absolute Gasteiger partial charge is 0.145 e. The summed E-state index contributed by atoms with van der Waals surface area (Å²) in [6.45, 7) is 2.19. The second-order valence-corrected chi connectivity index (χ2v) is 4.17. The van der Waals surface area contributed by atoms with Crippen LogP contribution in [0.15, 0.2) is 12.1 Å². The largest absolute Gasteiger partial charge is 0.506 e. The lowest BCUT2D eigenvalue weighted by molar-refractivity contribution is 0.449. The van der Waals surface area contributed by atoms with Crippen LogP contribution in [-0.2, 0) is 6.42 Å². The van der Waals surface area contributed by atoms with Gasteiger partial charge in [0.2, 0.25) is 0 Å².